The monoisotopic (exact) mass is 340 g/mol. The van der Waals surface area contributed by atoms with Gasteiger partial charge in [0.15, 0.2) is 0 Å². The van der Waals surface area contributed by atoms with Crippen molar-refractivity contribution in [3.63, 3.8) is 0 Å². The predicted octanol–water partition coefficient (Wildman–Crippen LogP) is 2.42. The normalized spacial score (nSPS) is 19.4. The number of rotatable bonds is 8. The zero-order valence-corrected chi connectivity index (χ0v) is 14.4. The third-order valence-corrected chi connectivity index (χ3v) is 4.64. The number of aromatic nitrogens is 2. The Kier molecular flexibility index (Phi) is 5.60. The lowest BCUT2D eigenvalue weighted by atomic mass is 9.85. The first-order chi connectivity index (χ1) is 12.1. The smallest absolute Gasteiger partial charge is 0.317 e. The third-order valence-electron chi connectivity index (χ3n) is 4.64. The summed E-state index contributed by atoms with van der Waals surface area (Å²) in [5, 5.41) is 12.4. The molecule has 1 aromatic heterocycles. The summed E-state index contributed by atoms with van der Waals surface area (Å²) in [6.07, 6.45) is 4.39. The molecule has 1 aliphatic carbocycles. The minimum atomic E-state index is -0.764. The second kappa shape index (κ2) is 8.07. The molecule has 2 aromatic rings. The van der Waals surface area contributed by atoms with Gasteiger partial charge in [-0.3, -0.25) is 9.69 Å². The van der Waals surface area contributed by atoms with E-state index in [2.05, 4.69) is 27.4 Å². The maximum atomic E-state index is 10.9. The van der Waals surface area contributed by atoms with Crippen LogP contribution in [0.25, 0.3) is 0 Å². The zero-order chi connectivity index (χ0) is 17.6. The van der Waals surface area contributed by atoms with Crippen LogP contribution in [0.5, 0.6) is 0 Å². The van der Waals surface area contributed by atoms with Gasteiger partial charge >= 0.3 is 5.97 Å². The number of hydrogen-bond donors (Lipinski definition) is 2. The van der Waals surface area contributed by atoms with Gasteiger partial charge in [-0.25, -0.2) is 9.97 Å². The van der Waals surface area contributed by atoms with Gasteiger partial charge < -0.3 is 10.4 Å². The van der Waals surface area contributed by atoms with Crippen LogP contribution in [0.15, 0.2) is 42.6 Å². The first kappa shape index (κ1) is 17.4. The van der Waals surface area contributed by atoms with E-state index in [1.54, 1.807) is 6.20 Å². The molecule has 0 radical (unpaired) electrons. The molecule has 0 saturated heterocycles. The Morgan fingerprint density at radius 2 is 2.04 bits per heavy atom. The fourth-order valence-corrected chi connectivity index (χ4v) is 3.23. The summed E-state index contributed by atoms with van der Waals surface area (Å²) in [4.78, 5) is 21.9. The van der Waals surface area contributed by atoms with Crippen molar-refractivity contribution in [2.75, 3.05) is 18.4 Å². The molecule has 25 heavy (non-hydrogen) atoms. The molecule has 0 amide bonds. The second-order valence-electron chi connectivity index (χ2n) is 6.44. The maximum absolute atomic E-state index is 10.9. The molecule has 0 spiro atoms. The van der Waals surface area contributed by atoms with Crippen LogP contribution < -0.4 is 5.32 Å². The van der Waals surface area contributed by atoms with Crippen molar-refractivity contribution in [3.8, 4) is 0 Å². The Bertz CT molecular complexity index is 702. The van der Waals surface area contributed by atoms with E-state index in [-0.39, 0.29) is 6.54 Å². The topological polar surface area (TPSA) is 78.4 Å². The molecule has 0 unspecified atom stereocenters. The van der Waals surface area contributed by atoms with Crippen LogP contribution in [0.2, 0.25) is 0 Å². The average molecular weight is 340 g/mol. The van der Waals surface area contributed by atoms with Gasteiger partial charge in [-0.1, -0.05) is 37.3 Å². The van der Waals surface area contributed by atoms with E-state index < -0.39 is 5.97 Å². The van der Waals surface area contributed by atoms with E-state index in [0.29, 0.717) is 18.5 Å². The highest BCUT2D eigenvalue weighted by Crippen LogP contribution is 2.28. The Morgan fingerprint density at radius 3 is 2.72 bits per heavy atom. The van der Waals surface area contributed by atoms with Crippen molar-refractivity contribution in [3.05, 3.63) is 54.0 Å². The van der Waals surface area contributed by atoms with E-state index in [9.17, 15) is 4.79 Å². The Balaban J connectivity index is 1.53. The maximum Gasteiger partial charge on any atom is 0.317 e. The number of carboxylic acids is 1. The van der Waals surface area contributed by atoms with Gasteiger partial charge in [-0.2, -0.15) is 0 Å². The zero-order valence-electron chi connectivity index (χ0n) is 14.4. The fraction of sp³-hybridized carbons (Fsp3) is 0.421. The highest BCUT2D eigenvalue weighted by molar-refractivity contribution is 5.69. The van der Waals surface area contributed by atoms with E-state index in [1.165, 1.54) is 5.56 Å². The van der Waals surface area contributed by atoms with Crippen LogP contribution >= 0.6 is 0 Å². The molecule has 1 saturated carbocycles. The summed E-state index contributed by atoms with van der Waals surface area (Å²) in [6, 6.07) is 12.7. The highest BCUT2D eigenvalue weighted by atomic mass is 16.4. The van der Waals surface area contributed by atoms with Gasteiger partial charge in [0.25, 0.3) is 0 Å². The number of anilines is 1. The standard InChI is InChI=1S/C19H24N4O2/c1-2-23(13-19(24)25)16-11-15(12-16)21-17-8-9-20-18(22-17)10-14-6-4-3-5-7-14/h3-9,15-16H,2,10-13H2,1H3,(H,24,25)(H,20,21,22). The minimum Gasteiger partial charge on any atom is -0.480 e. The summed E-state index contributed by atoms with van der Waals surface area (Å²) < 4.78 is 0. The van der Waals surface area contributed by atoms with Crippen molar-refractivity contribution in [2.45, 2.75) is 38.3 Å². The van der Waals surface area contributed by atoms with Crippen LogP contribution in [-0.4, -0.2) is 51.1 Å². The summed E-state index contributed by atoms with van der Waals surface area (Å²) in [5.74, 6) is 0.874. The lowest BCUT2D eigenvalue weighted by molar-refractivity contribution is -0.139. The average Bonchev–Trinajstić information content (AvgIpc) is 2.57. The number of aliphatic carboxylic acids is 1. The largest absolute Gasteiger partial charge is 0.480 e. The number of carbonyl (C=O) groups is 1. The van der Waals surface area contributed by atoms with E-state index in [0.717, 1.165) is 31.0 Å². The van der Waals surface area contributed by atoms with Gasteiger partial charge in [0.05, 0.1) is 6.54 Å². The number of likely N-dealkylation sites (N-methyl/N-ethyl adjacent to an activating group) is 1. The van der Waals surface area contributed by atoms with Crippen LogP contribution in [0.1, 0.15) is 31.2 Å². The van der Waals surface area contributed by atoms with Crippen LogP contribution in [0.4, 0.5) is 5.82 Å². The van der Waals surface area contributed by atoms with Gasteiger partial charge in [0, 0.05) is 24.7 Å². The quantitative estimate of drug-likeness (QED) is 0.768. The molecular weight excluding hydrogens is 316 g/mol. The summed E-state index contributed by atoms with van der Waals surface area (Å²) >= 11 is 0. The van der Waals surface area contributed by atoms with Crippen molar-refractivity contribution < 1.29 is 9.90 Å². The molecule has 0 bridgehead atoms. The Labute approximate surface area is 147 Å². The predicted molar refractivity (Wildman–Crippen MR) is 96.6 cm³/mol. The molecule has 1 fully saturated rings. The number of benzene rings is 1. The van der Waals surface area contributed by atoms with Crippen LogP contribution in [0, 0.1) is 0 Å². The van der Waals surface area contributed by atoms with Gasteiger partial charge in [-0.15, -0.1) is 0 Å². The van der Waals surface area contributed by atoms with E-state index in [4.69, 9.17) is 5.11 Å². The summed E-state index contributed by atoms with van der Waals surface area (Å²) in [5.41, 5.74) is 1.19. The minimum absolute atomic E-state index is 0.114. The Morgan fingerprint density at radius 1 is 1.28 bits per heavy atom. The molecule has 132 valence electrons. The molecule has 0 atom stereocenters. The molecular formula is C19H24N4O2. The number of nitrogens with one attached hydrogen (secondary N) is 1. The van der Waals surface area contributed by atoms with Gasteiger partial charge in [0.2, 0.25) is 0 Å². The van der Waals surface area contributed by atoms with Crippen molar-refractivity contribution in [2.24, 2.45) is 0 Å². The third kappa shape index (κ3) is 4.76. The van der Waals surface area contributed by atoms with Crippen LogP contribution in [0.3, 0.4) is 0 Å². The first-order valence-corrected chi connectivity index (χ1v) is 8.72. The lowest BCUT2D eigenvalue weighted by Crippen LogP contribution is -2.51. The number of carboxylic acid groups (broad SMARTS) is 1. The van der Waals surface area contributed by atoms with Gasteiger partial charge in [0.1, 0.15) is 11.6 Å². The molecule has 1 heterocycles. The molecule has 1 aliphatic rings. The molecule has 2 N–H and O–H groups in total. The second-order valence-corrected chi connectivity index (χ2v) is 6.44. The molecule has 6 nitrogen and oxygen atoms in total. The van der Waals surface area contributed by atoms with E-state index in [1.807, 2.05) is 36.1 Å². The van der Waals surface area contributed by atoms with Gasteiger partial charge in [-0.05, 0) is 31.0 Å². The van der Waals surface area contributed by atoms with E-state index >= 15 is 0 Å². The fourth-order valence-electron chi connectivity index (χ4n) is 3.23. The molecule has 3 rings (SSSR count). The molecule has 0 aliphatic heterocycles. The van der Waals surface area contributed by atoms with Crippen LogP contribution in [-0.2, 0) is 11.2 Å². The van der Waals surface area contributed by atoms with Crippen molar-refractivity contribution in [1.82, 2.24) is 14.9 Å². The molecule has 6 heteroatoms. The van der Waals surface area contributed by atoms with Crippen molar-refractivity contribution in [1.29, 1.82) is 0 Å². The SMILES string of the molecule is CCN(CC(=O)O)C1CC(Nc2ccnc(Cc3ccccc3)n2)C1. The lowest BCUT2D eigenvalue weighted by Gasteiger charge is -2.42. The molecule has 1 aromatic carbocycles. The number of hydrogen-bond acceptors (Lipinski definition) is 5. The summed E-state index contributed by atoms with van der Waals surface area (Å²) in [7, 11) is 0. The highest BCUT2D eigenvalue weighted by Gasteiger charge is 2.33. The Hall–Kier alpha value is -2.47. The summed E-state index contributed by atoms with van der Waals surface area (Å²) in [6.45, 7) is 2.88. The number of nitrogens with zero attached hydrogens (tertiary/aromatic N) is 3. The first-order valence-electron chi connectivity index (χ1n) is 8.72. The van der Waals surface area contributed by atoms with Crippen molar-refractivity contribution >= 4 is 11.8 Å².